The first-order chi connectivity index (χ1) is 10.9. The zero-order valence-corrected chi connectivity index (χ0v) is 12.5. The maximum Gasteiger partial charge on any atom is 0.340 e. The van der Waals surface area contributed by atoms with Gasteiger partial charge in [-0.3, -0.25) is 9.78 Å². The molecule has 0 spiro atoms. The summed E-state index contributed by atoms with van der Waals surface area (Å²) in [5, 5.41) is 2.34. The predicted octanol–water partition coefficient (Wildman–Crippen LogP) is 2.85. The molecule has 5 nitrogen and oxygen atoms in total. The van der Waals surface area contributed by atoms with Crippen LogP contribution in [-0.4, -0.2) is 23.0 Å². The highest BCUT2D eigenvalue weighted by Gasteiger charge is 2.19. The van der Waals surface area contributed by atoms with E-state index in [1.165, 1.54) is 25.3 Å². The predicted molar refractivity (Wildman–Crippen MR) is 78.8 cm³/mol. The van der Waals surface area contributed by atoms with Crippen LogP contribution >= 0.6 is 0 Å². The molecule has 1 aromatic heterocycles. The number of aryl methyl sites for hydroxylation is 1. The molecule has 7 heteroatoms. The van der Waals surface area contributed by atoms with Crippen LogP contribution in [0.5, 0.6) is 0 Å². The molecule has 0 bridgehead atoms. The van der Waals surface area contributed by atoms with Gasteiger partial charge in [0, 0.05) is 23.6 Å². The summed E-state index contributed by atoms with van der Waals surface area (Å²) in [5.74, 6) is -3.47. The molecule has 1 amide bonds. The molecule has 0 aliphatic carbocycles. The summed E-state index contributed by atoms with van der Waals surface area (Å²) in [5.41, 5.74) is 1.02. The second-order valence-electron chi connectivity index (χ2n) is 4.85. The first-order valence-electron chi connectivity index (χ1n) is 6.76. The monoisotopic (exact) mass is 320 g/mol. The number of carbonyl (C=O) groups is 2. The smallest absolute Gasteiger partial charge is 0.340 e. The van der Waals surface area contributed by atoms with Crippen LogP contribution < -0.4 is 5.32 Å². The van der Waals surface area contributed by atoms with E-state index in [1.807, 2.05) is 0 Å². The minimum absolute atomic E-state index is 0.0637. The molecule has 1 heterocycles. The normalized spacial score (nSPS) is 11.7. The van der Waals surface area contributed by atoms with E-state index >= 15 is 0 Å². The number of ether oxygens (including phenoxy) is 1. The number of nitrogens with zero attached hydrogens (tertiary/aromatic N) is 1. The van der Waals surface area contributed by atoms with Crippen LogP contribution in [0.15, 0.2) is 36.5 Å². The number of hydrogen-bond donors (Lipinski definition) is 1. The summed E-state index contributed by atoms with van der Waals surface area (Å²) < 4.78 is 30.9. The van der Waals surface area contributed by atoms with Crippen molar-refractivity contribution in [3.05, 3.63) is 59.4 Å². The first-order valence-corrected chi connectivity index (χ1v) is 6.76. The van der Waals surface area contributed by atoms with Crippen molar-refractivity contribution in [2.24, 2.45) is 0 Å². The van der Waals surface area contributed by atoms with Gasteiger partial charge in [-0.05, 0) is 38.1 Å². The number of halogens is 2. The minimum Gasteiger partial charge on any atom is -0.449 e. The molecule has 1 atom stereocenters. The third-order valence-corrected chi connectivity index (χ3v) is 2.99. The molecule has 1 aromatic carbocycles. The Morgan fingerprint density at radius 3 is 2.52 bits per heavy atom. The molecule has 0 aliphatic rings. The number of rotatable bonds is 4. The maximum absolute atomic E-state index is 13.1. The summed E-state index contributed by atoms with van der Waals surface area (Å²) in [7, 11) is 0. The second-order valence-corrected chi connectivity index (χ2v) is 4.85. The molecule has 0 saturated heterocycles. The van der Waals surface area contributed by atoms with Crippen LogP contribution in [0, 0.1) is 18.6 Å². The van der Waals surface area contributed by atoms with Crippen LogP contribution in [0.4, 0.5) is 14.5 Å². The van der Waals surface area contributed by atoms with Crippen molar-refractivity contribution in [1.29, 1.82) is 0 Å². The van der Waals surface area contributed by atoms with Gasteiger partial charge in [0.2, 0.25) is 0 Å². The highest BCUT2D eigenvalue weighted by molar-refractivity contribution is 5.97. The lowest BCUT2D eigenvalue weighted by molar-refractivity contribution is -0.123. The van der Waals surface area contributed by atoms with Gasteiger partial charge in [-0.15, -0.1) is 0 Å². The van der Waals surface area contributed by atoms with Crippen LogP contribution in [0.3, 0.4) is 0 Å². The molecule has 0 saturated carbocycles. The number of anilines is 1. The number of carbonyl (C=O) groups excluding carboxylic acids is 2. The number of hydrogen-bond acceptors (Lipinski definition) is 4. The number of amides is 1. The Balaban J connectivity index is 1.97. The summed E-state index contributed by atoms with van der Waals surface area (Å²) in [6, 6.07) is 6.10. The van der Waals surface area contributed by atoms with Crippen molar-refractivity contribution < 1.29 is 23.1 Å². The van der Waals surface area contributed by atoms with Gasteiger partial charge in [-0.2, -0.15) is 0 Å². The van der Waals surface area contributed by atoms with E-state index < -0.39 is 29.6 Å². The fraction of sp³-hybridized carbons (Fsp3) is 0.188. The van der Waals surface area contributed by atoms with Gasteiger partial charge in [0.25, 0.3) is 5.91 Å². The maximum atomic E-state index is 13.1. The quantitative estimate of drug-likeness (QED) is 0.880. The van der Waals surface area contributed by atoms with E-state index in [-0.39, 0.29) is 11.3 Å². The van der Waals surface area contributed by atoms with Crippen LogP contribution in [0.2, 0.25) is 0 Å². The second kappa shape index (κ2) is 6.95. The van der Waals surface area contributed by atoms with Gasteiger partial charge < -0.3 is 10.1 Å². The Labute approximate surface area is 131 Å². The Morgan fingerprint density at radius 2 is 1.91 bits per heavy atom. The fourth-order valence-corrected chi connectivity index (χ4v) is 1.69. The third kappa shape index (κ3) is 4.32. The summed E-state index contributed by atoms with van der Waals surface area (Å²) in [6.45, 7) is 3.14. The zero-order chi connectivity index (χ0) is 17.0. The van der Waals surface area contributed by atoms with E-state index in [9.17, 15) is 18.4 Å². The van der Waals surface area contributed by atoms with Crippen LogP contribution in [0.1, 0.15) is 23.0 Å². The molecule has 0 fully saturated rings. The lowest BCUT2D eigenvalue weighted by Crippen LogP contribution is -2.30. The molecule has 0 radical (unpaired) electrons. The van der Waals surface area contributed by atoms with E-state index in [0.29, 0.717) is 0 Å². The Morgan fingerprint density at radius 1 is 1.17 bits per heavy atom. The highest BCUT2D eigenvalue weighted by atomic mass is 19.2. The topological polar surface area (TPSA) is 68.3 Å². The van der Waals surface area contributed by atoms with E-state index in [0.717, 1.165) is 17.8 Å². The minimum atomic E-state index is -1.11. The average molecular weight is 320 g/mol. The van der Waals surface area contributed by atoms with Crippen molar-refractivity contribution in [1.82, 2.24) is 4.98 Å². The van der Waals surface area contributed by atoms with Gasteiger partial charge in [0.05, 0.1) is 5.56 Å². The zero-order valence-electron chi connectivity index (χ0n) is 12.5. The van der Waals surface area contributed by atoms with Crippen molar-refractivity contribution in [3.63, 3.8) is 0 Å². The lowest BCUT2D eigenvalue weighted by atomic mass is 10.2. The lowest BCUT2D eigenvalue weighted by Gasteiger charge is -2.13. The van der Waals surface area contributed by atoms with Crippen LogP contribution in [-0.2, 0) is 9.53 Å². The Kier molecular flexibility index (Phi) is 5.00. The van der Waals surface area contributed by atoms with Crippen LogP contribution in [0.25, 0.3) is 0 Å². The molecule has 2 aromatic rings. The molecule has 120 valence electrons. The van der Waals surface area contributed by atoms with E-state index in [4.69, 9.17) is 4.74 Å². The fourth-order valence-electron chi connectivity index (χ4n) is 1.69. The standard InChI is InChI=1S/C16H14F2N2O3/c1-9-3-4-11(8-19-9)16(22)23-10(2)15(21)20-12-5-6-13(17)14(18)7-12/h3-8,10H,1-2H3,(H,20,21)/t10-/m1/s1. The first kappa shape index (κ1) is 16.5. The highest BCUT2D eigenvalue weighted by Crippen LogP contribution is 2.14. The molecule has 0 aliphatic heterocycles. The van der Waals surface area contributed by atoms with Gasteiger partial charge in [-0.1, -0.05) is 0 Å². The van der Waals surface area contributed by atoms with Crippen molar-refractivity contribution in [2.75, 3.05) is 5.32 Å². The van der Waals surface area contributed by atoms with E-state index in [1.54, 1.807) is 13.0 Å². The van der Waals surface area contributed by atoms with Gasteiger partial charge in [-0.25, -0.2) is 13.6 Å². The van der Waals surface area contributed by atoms with Gasteiger partial charge in [0.1, 0.15) is 0 Å². The number of aromatic nitrogens is 1. The number of benzene rings is 1. The Hall–Kier alpha value is -2.83. The molecule has 0 unspecified atom stereocenters. The number of pyridine rings is 1. The summed E-state index contributed by atoms with van der Waals surface area (Å²) in [6.07, 6.45) is 0.231. The molecule has 1 N–H and O–H groups in total. The number of nitrogens with one attached hydrogen (secondary N) is 1. The van der Waals surface area contributed by atoms with Crippen molar-refractivity contribution >= 4 is 17.6 Å². The van der Waals surface area contributed by atoms with Gasteiger partial charge in [0.15, 0.2) is 17.7 Å². The van der Waals surface area contributed by atoms with Crippen molar-refractivity contribution in [2.45, 2.75) is 20.0 Å². The van der Waals surface area contributed by atoms with Gasteiger partial charge >= 0.3 is 5.97 Å². The Bertz CT molecular complexity index is 733. The van der Waals surface area contributed by atoms with E-state index in [2.05, 4.69) is 10.3 Å². The summed E-state index contributed by atoms with van der Waals surface area (Å²) >= 11 is 0. The van der Waals surface area contributed by atoms with Crippen molar-refractivity contribution in [3.8, 4) is 0 Å². The molecular formula is C16H14F2N2O3. The third-order valence-electron chi connectivity index (χ3n) is 2.99. The largest absolute Gasteiger partial charge is 0.449 e. The average Bonchev–Trinajstić information content (AvgIpc) is 2.51. The SMILES string of the molecule is Cc1ccc(C(=O)O[C@H](C)C(=O)Nc2ccc(F)c(F)c2)cn1. The summed E-state index contributed by atoms with van der Waals surface area (Å²) in [4.78, 5) is 27.7. The molecule has 2 rings (SSSR count). The molecule has 23 heavy (non-hydrogen) atoms. The number of esters is 1. The molecular weight excluding hydrogens is 306 g/mol.